The maximum atomic E-state index is 13.0. The van der Waals surface area contributed by atoms with Crippen LogP contribution in [-0.2, 0) is 0 Å². The first-order valence-corrected chi connectivity index (χ1v) is 4.12. The van der Waals surface area contributed by atoms with E-state index in [0.717, 1.165) is 12.1 Å². The number of rotatable bonds is 3. The summed E-state index contributed by atoms with van der Waals surface area (Å²) in [5.41, 5.74) is 0. The van der Waals surface area contributed by atoms with Gasteiger partial charge in [0.05, 0.1) is 12.5 Å². The van der Waals surface area contributed by atoms with Crippen molar-refractivity contribution >= 4 is 0 Å². The average Bonchev–Trinajstić information content (AvgIpc) is 2.10. The SMILES string of the molecule is CC(CC#N)Oc1ccc(F)cc1F. The number of nitriles is 1. The van der Waals surface area contributed by atoms with Crippen LogP contribution < -0.4 is 4.74 Å². The van der Waals surface area contributed by atoms with Gasteiger partial charge >= 0.3 is 0 Å². The molecule has 1 unspecified atom stereocenters. The van der Waals surface area contributed by atoms with Crippen molar-refractivity contribution in [3.8, 4) is 11.8 Å². The Bertz CT molecular complexity index is 360. The van der Waals surface area contributed by atoms with E-state index in [2.05, 4.69) is 0 Å². The highest BCUT2D eigenvalue weighted by molar-refractivity contribution is 5.24. The molecule has 0 aliphatic heterocycles. The van der Waals surface area contributed by atoms with Gasteiger partial charge in [0.2, 0.25) is 0 Å². The van der Waals surface area contributed by atoms with E-state index in [4.69, 9.17) is 10.00 Å². The summed E-state index contributed by atoms with van der Waals surface area (Å²) in [5.74, 6) is -1.44. The second kappa shape index (κ2) is 4.56. The van der Waals surface area contributed by atoms with Gasteiger partial charge in [-0.15, -0.1) is 0 Å². The lowest BCUT2D eigenvalue weighted by Gasteiger charge is -2.11. The van der Waals surface area contributed by atoms with Gasteiger partial charge < -0.3 is 4.74 Å². The van der Waals surface area contributed by atoms with Gasteiger partial charge in [-0.2, -0.15) is 5.26 Å². The lowest BCUT2D eigenvalue weighted by Crippen LogP contribution is -2.11. The molecule has 4 heteroatoms. The third-order valence-electron chi connectivity index (χ3n) is 1.60. The van der Waals surface area contributed by atoms with E-state index in [1.54, 1.807) is 6.92 Å². The molecule has 0 spiro atoms. The summed E-state index contributed by atoms with van der Waals surface area (Å²) >= 11 is 0. The summed E-state index contributed by atoms with van der Waals surface area (Å²) in [4.78, 5) is 0. The van der Waals surface area contributed by atoms with Gasteiger partial charge in [-0.3, -0.25) is 0 Å². The lowest BCUT2D eigenvalue weighted by atomic mass is 10.3. The summed E-state index contributed by atoms with van der Waals surface area (Å²) in [7, 11) is 0. The van der Waals surface area contributed by atoms with E-state index in [0.29, 0.717) is 0 Å². The molecule has 0 saturated heterocycles. The molecular formula is C10H9F2NO. The van der Waals surface area contributed by atoms with Crippen LogP contribution in [0.1, 0.15) is 13.3 Å². The van der Waals surface area contributed by atoms with Gasteiger partial charge in [0, 0.05) is 6.07 Å². The number of benzene rings is 1. The summed E-state index contributed by atoms with van der Waals surface area (Å²) in [6.45, 7) is 1.64. The highest BCUT2D eigenvalue weighted by Gasteiger charge is 2.08. The maximum Gasteiger partial charge on any atom is 0.167 e. The molecule has 74 valence electrons. The predicted molar refractivity (Wildman–Crippen MR) is 46.7 cm³/mol. The Kier molecular flexibility index (Phi) is 3.41. The van der Waals surface area contributed by atoms with Crippen LogP contribution >= 0.6 is 0 Å². The Morgan fingerprint density at radius 2 is 2.21 bits per heavy atom. The number of hydrogen-bond donors (Lipinski definition) is 0. The molecule has 1 rings (SSSR count). The molecule has 0 bridgehead atoms. The van der Waals surface area contributed by atoms with E-state index in [1.165, 1.54) is 6.07 Å². The summed E-state index contributed by atoms with van der Waals surface area (Å²) in [5, 5.41) is 8.34. The highest BCUT2D eigenvalue weighted by Crippen LogP contribution is 2.19. The van der Waals surface area contributed by atoms with Gasteiger partial charge in [-0.1, -0.05) is 0 Å². The third kappa shape index (κ3) is 2.70. The maximum absolute atomic E-state index is 13.0. The van der Waals surface area contributed by atoms with Crippen LogP contribution in [0, 0.1) is 23.0 Å². The molecule has 0 saturated carbocycles. The Morgan fingerprint density at radius 1 is 1.50 bits per heavy atom. The van der Waals surface area contributed by atoms with Crippen molar-refractivity contribution in [3.63, 3.8) is 0 Å². The normalized spacial score (nSPS) is 11.9. The fraction of sp³-hybridized carbons (Fsp3) is 0.300. The first kappa shape index (κ1) is 10.5. The van der Waals surface area contributed by atoms with E-state index >= 15 is 0 Å². The van der Waals surface area contributed by atoms with Crippen molar-refractivity contribution in [1.29, 1.82) is 5.26 Å². The van der Waals surface area contributed by atoms with Crippen LogP contribution in [0.3, 0.4) is 0 Å². The minimum atomic E-state index is -0.755. The molecule has 0 heterocycles. The predicted octanol–water partition coefficient (Wildman–Crippen LogP) is 2.65. The van der Waals surface area contributed by atoms with E-state index < -0.39 is 17.7 Å². The van der Waals surface area contributed by atoms with Crippen LogP contribution in [0.2, 0.25) is 0 Å². The molecule has 0 aliphatic carbocycles. The molecule has 14 heavy (non-hydrogen) atoms. The Hall–Kier alpha value is -1.63. The molecule has 0 N–H and O–H groups in total. The monoisotopic (exact) mass is 197 g/mol. The minimum Gasteiger partial charge on any atom is -0.487 e. The smallest absolute Gasteiger partial charge is 0.167 e. The van der Waals surface area contributed by atoms with E-state index in [-0.39, 0.29) is 12.2 Å². The molecule has 2 nitrogen and oxygen atoms in total. The molecule has 0 aliphatic rings. The first-order chi connectivity index (χ1) is 6.63. The van der Waals surface area contributed by atoms with Gasteiger partial charge in [0.1, 0.15) is 11.9 Å². The Labute approximate surface area is 80.7 Å². The second-order valence-corrected chi connectivity index (χ2v) is 2.87. The van der Waals surface area contributed by atoms with Crippen molar-refractivity contribution in [1.82, 2.24) is 0 Å². The summed E-state index contributed by atoms with van der Waals surface area (Å²) in [6.07, 6.45) is -0.239. The van der Waals surface area contributed by atoms with Crippen LogP contribution in [0.15, 0.2) is 18.2 Å². The van der Waals surface area contributed by atoms with Crippen LogP contribution in [-0.4, -0.2) is 6.10 Å². The molecule has 1 aromatic rings. The highest BCUT2D eigenvalue weighted by atomic mass is 19.1. The van der Waals surface area contributed by atoms with Crippen LogP contribution in [0.25, 0.3) is 0 Å². The number of nitrogens with zero attached hydrogens (tertiary/aromatic N) is 1. The van der Waals surface area contributed by atoms with Crippen LogP contribution in [0.5, 0.6) is 5.75 Å². The number of hydrogen-bond acceptors (Lipinski definition) is 2. The fourth-order valence-electron chi connectivity index (χ4n) is 0.958. The van der Waals surface area contributed by atoms with Crippen molar-refractivity contribution in [3.05, 3.63) is 29.8 Å². The molecular weight excluding hydrogens is 188 g/mol. The van der Waals surface area contributed by atoms with Gasteiger partial charge in [-0.25, -0.2) is 8.78 Å². The molecule has 0 aromatic heterocycles. The number of ether oxygens (including phenoxy) is 1. The largest absolute Gasteiger partial charge is 0.487 e. The molecule has 1 atom stereocenters. The lowest BCUT2D eigenvalue weighted by molar-refractivity contribution is 0.216. The summed E-state index contributed by atoms with van der Waals surface area (Å²) < 4.78 is 30.6. The number of halogens is 2. The zero-order chi connectivity index (χ0) is 10.6. The zero-order valence-electron chi connectivity index (χ0n) is 7.63. The Balaban J connectivity index is 2.73. The standard InChI is InChI=1S/C10H9F2NO/c1-7(4-5-13)14-10-3-2-8(11)6-9(10)12/h2-3,6-7H,4H2,1H3. The quantitative estimate of drug-likeness (QED) is 0.746. The van der Waals surface area contributed by atoms with Gasteiger partial charge in [0.15, 0.2) is 11.6 Å². The molecule has 1 aromatic carbocycles. The topological polar surface area (TPSA) is 33.0 Å². The molecule has 0 amide bonds. The van der Waals surface area contributed by atoms with Crippen molar-refractivity contribution in [2.24, 2.45) is 0 Å². The Morgan fingerprint density at radius 3 is 2.79 bits per heavy atom. The van der Waals surface area contributed by atoms with Crippen molar-refractivity contribution in [2.45, 2.75) is 19.4 Å². The van der Waals surface area contributed by atoms with E-state index in [9.17, 15) is 8.78 Å². The van der Waals surface area contributed by atoms with Crippen LogP contribution in [0.4, 0.5) is 8.78 Å². The third-order valence-corrected chi connectivity index (χ3v) is 1.60. The van der Waals surface area contributed by atoms with Crippen molar-refractivity contribution < 1.29 is 13.5 Å². The molecule has 0 radical (unpaired) electrons. The summed E-state index contributed by atoms with van der Waals surface area (Å²) in [6, 6.07) is 4.96. The first-order valence-electron chi connectivity index (χ1n) is 4.12. The average molecular weight is 197 g/mol. The second-order valence-electron chi connectivity index (χ2n) is 2.87. The van der Waals surface area contributed by atoms with Crippen molar-refractivity contribution in [2.75, 3.05) is 0 Å². The zero-order valence-corrected chi connectivity index (χ0v) is 7.63. The minimum absolute atomic E-state index is 0.0332. The van der Waals surface area contributed by atoms with E-state index in [1.807, 2.05) is 6.07 Å². The molecule has 0 fully saturated rings. The fourth-order valence-corrected chi connectivity index (χ4v) is 0.958. The van der Waals surface area contributed by atoms with Gasteiger partial charge in [0.25, 0.3) is 0 Å². The van der Waals surface area contributed by atoms with Gasteiger partial charge in [-0.05, 0) is 19.1 Å².